The number of alkyl halides is 1. The Morgan fingerprint density at radius 2 is 2.64 bits per heavy atom. The number of halogens is 1. The number of H-pyrrole nitrogens is 1. The Labute approximate surface area is 71.0 Å². The quantitative estimate of drug-likeness (QED) is 0.640. The van der Waals surface area contributed by atoms with Crippen LogP contribution in [0.4, 0.5) is 0 Å². The second-order valence-electron chi connectivity index (χ2n) is 3.09. The molecule has 0 radical (unpaired) electrons. The zero-order chi connectivity index (χ0) is 7.68. The van der Waals surface area contributed by atoms with Gasteiger partial charge < -0.3 is 4.98 Å². The van der Waals surface area contributed by atoms with E-state index >= 15 is 0 Å². The van der Waals surface area contributed by atoms with E-state index in [1.807, 2.05) is 0 Å². The average Bonchev–Trinajstić information content (AvgIpc) is 2.50. The van der Waals surface area contributed by atoms with E-state index in [1.54, 1.807) is 6.33 Å². The number of hydrogen-bond acceptors (Lipinski definition) is 1. The van der Waals surface area contributed by atoms with Crippen molar-refractivity contribution in [2.75, 3.05) is 5.88 Å². The van der Waals surface area contributed by atoms with Crippen molar-refractivity contribution in [1.29, 1.82) is 0 Å². The van der Waals surface area contributed by atoms with Gasteiger partial charge in [0.1, 0.15) is 0 Å². The second-order valence-corrected chi connectivity index (χ2v) is 3.40. The van der Waals surface area contributed by atoms with Crippen LogP contribution in [0.5, 0.6) is 0 Å². The molecule has 1 atom stereocenters. The van der Waals surface area contributed by atoms with Crippen molar-refractivity contribution in [1.82, 2.24) is 9.97 Å². The van der Waals surface area contributed by atoms with Gasteiger partial charge in [0.15, 0.2) is 0 Å². The Morgan fingerprint density at radius 1 is 1.73 bits per heavy atom. The maximum Gasteiger partial charge on any atom is 0.0925 e. The Kier molecular flexibility index (Phi) is 1.86. The van der Waals surface area contributed by atoms with E-state index in [0.29, 0.717) is 5.92 Å². The van der Waals surface area contributed by atoms with Gasteiger partial charge in [0, 0.05) is 11.6 Å². The zero-order valence-corrected chi connectivity index (χ0v) is 7.06. The molecule has 1 unspecified atom stereocenters. The second kappa shape index (κ2) is 2.86. The van der Waals surface area contributed by atoms with Gasteiger partial charge in [-0.15, -0.1) is 11.6 Å². The Morgan fingerprint density at radius 3 is 3.45 bits per heavy atom. The third-order valence-corrected chi connectivity index (χ3v) is 2.74. The van der Waals surface area contributed by atoms with E-state index in [0.717, 1.165) is 18.7 Å². The lowest BCUT2D eigenvalue weighted by molar-refractivity contribution is 0.497. The molecule has 0 saturated carbocycles. The largest absolute Gasteiger partial charge is 0.348 e. The number of hydrogen-bond donors (Lipinski definition) is 1. The van der Waals surface area contributed by atoms with E-state index in [9.17, 15) is 0 Å². The minimum absolute atomic E-state index is 0.657. The molecule has 0 bridgehead atoms. The van der Waals surface area contributed by atoms with Crippen molar-refractivity contribution >= 4 is 11.6 Å². The molecule has 3 heteroatoms. The lowest BCUT2D eigenvalue weighted by atomic mass is 9.91. The molecule has 0 amide bonds. The van der Waals surface area contributed by atoms with Crippen LogP contribution >= 0.6 is 11.6 Å². The average molecular weight is 171 g/mol. The maximum atomic E-state index is 5.78. The van der Waals surface area contributed by atoms with Crippen molar-refractivity contribution in [3.63, 3.8) is 0 Å². The van der Waals surface area contributed by atoms with Gasteiger partial charge in [-0.05, 0) is 25.2 Å². The Bertz CT molecular complexity index is 244. The van der Waals surface area contributed by atoms with Crippen LogP contribution in [-0.2, 0) is 12.8 Å². The topological polar surface area (TPSA) is 28.7 Å². The predicted molar refractivity (Wildman–Crippen MR) is 44.8 cm³/mol. The fourth-order valence-corrected chi connectivity index (χ4v) is 1.87. The fraction of sp³-hybridized carbons (Fsp3) is 0.625. The number of rotatable bonds is 1. The molecule has 1 aliphatic carbocycles. The molecule has 1 aromatic heterocycles. The van der Waals surface area contributed by atoms with Gasteiger partial charge in [-0.3, -0.25) is 0 Å². The summed E-state index contributed by atoms with van der Waals surface area (Å²) in [5.41, 5.74) is 2.54. The van der Waals surface area contributed by atoms with Crippen LogP contribution in [0, 0.1) is 5.92 Å². The summed E-state index contributed by atoms with van der Waals surface area (Å²) in [6.07, 6.45) is 5.15. The van der Waals surface area contributed by atoms with Crippen molar-refractivity contribution < 1.29 is 0 Å². The first-order valence-corrected chi connectivity index (χ1v) is 4.50. The summed E-state index contributed by atoms with van der Waals surface area (Å²) in [4.78, 5) is 7.38. The van der Waals surface area contributed by atoms with Crippen molar-refractivity contribution in [3.05, 3.63) is 17.7 Å². The number of nitrogens with one attached hydrogen (secondary N) is 1. The van der Waals surface area contributed by atoms with Crippen molar-refractivity contribution in [3.8, 4) is 0 Å². The van der Waals surface area contributed by atoms with Gasteiger partial charge in [0.25, 0.3) is 0 Å². The summed E-state index contributed by atoms with van der Waals surface area (Å²) >= 11 is 5.78. The zero-order valence-electron chi connectivity index (χ0n) is 6.31. The monoisotopic (exact) mass is 170 g/mol. The van der Waals surface area contributed by atoms with Gasteiger partial charge in [-0.2, -0.15) is 0 Å². The third kappa shape index (κ3) is 1.27. The molecule has 1 N–H and O–H groups in total. The van der Waals surface area contributed by atoms with E-state index in [2.05, 4.69) is 9.97 Å². The number of aryl methyl sites for hydroxylation is 1. The van der Waals surface area contributed by atoms with Crippen LogP contribution in [0.2, 0.25) is 0 Å². The van der Waals surface area contributed by atoms with E-state index < -0.39 is 0 Å². The summed E-state index contributed by atoms with van der Waals surface area (Å²) in [6, 6.07) is 0. The summed E-state index contributed by atoms with van der Waals surface area (Å²) in [5, 5.41) is 0. The Hall–Kier alpha value is -0.500. The Balaban J connectivity index is 2.18. The first-order valence-electron chi connectivity index (χ1n) is 3.97. The van der Waals surface area contributed by atoms with Gasteiger partial charge in [-0.25, -0.2) is 4.98 Å². The van der Waals surface area contributed by atoms with Crippen LogP contribution in [0.25, 0.3) is 0 Å². The highest BCUT2D eigenvalue weighted by Gasteiger charge is 2.18. The molecular formula is C8H11ClN2. The smallest absolute Gasteiger partial charge is 0.0925 e. The standard InChI is InChI=1S/C8H11ClN2/c9-4-6-1-2-7-8(3-6)11-5-10-7/h5-6H,1-4H2,(H,10,11). The highest BCUT2D eigenvalue weighted by atomic mass is 35.5. The minimum Gasteiger partial charge on any atom is -0.348 e. The highest BCUT2D eigenvalue weighted by molar-refractivity contribution is 6.18. The van der Waals surface area contributed by atoms with Gasteiger partial charge in [0.2, 0.25) is 0 Å². The fourth-order valence-electron chi connectivity index (χ4n) is 1.60. The molecule has 0 aromatic carbocycles. The lowest BCUT2D eigenvalue weighted by Crippen LogP contribution is -2.15. The molecule has 11 heavy (non-hydrogen) atoms. The first kappa shape index (κ1) is 7.17. The van der Waals surface area contributed by atoms with E-state index in [-0.39, 0.29) is 0 Å². The third-order valence-electron chi connectivity index (χ3n) is 2.31. The predicted octanol–water partition coefficient (Wildman–Crippen LogP) is 1.75. The van der Waals surface area contributed by atoms with Gasteiger partial charge in [-0.1, -0.05) is 0 Å². The lowest BCUT2D eigenvalue weighted by Gasteiger charge is -2.18. The highest BCUT2D eigenvalue weighted by Crippen LogP contribution is 2.23. The number of aromatic nitrogens is 2. The van der Waals surface area contributed by atoms with Crippen molar-refractivity contribution in [2.24, 2.45) is 5.92 Å². The van der Waals surface area contributed by atoms with E-state index in [4.69, 9.17) is 11.6 Å². The normalized spacial score (nSPS) is 23.2. The van der Waals surface area contributed by atoms with Gasteiger partial charge >= 0.3 is 0 Å². The van der Waals surface area contributed by atoms with Crippen LogP contribution in [0.1, 0.15) is 17.8 Å². The number of nitrogens with zero attached hydrogens (tertiary/aromatic N) is 1. The summed E-state index contributed by atoms with van der Waals surface area (Å²) in [5.74, 6) is 1.43. The van der Waals surface area contributed by atoms with Gasteiger partial charge in [0.05, 0.1) is 12.0 Å². The summed E-state index contributed by atoms with van der Waals surface area (Å²) < 4.78 is 0. The first-order chi connectivity index (χ1) is 5.40. The molecule has 1 aromatic rings. The number of fused-ring (bicyclic) bond motifs is 1. The molecule has 0 aliphatic heterocycles. The molecule has 2 rings (SSSR count). The maximum absolute atomic E-state index is 5.78. The molecule has 1 aliphatic rings. The van der Waals surface area contributed by atoms with Crippen LogP contribution in [-0.4, -0.2) is 15.8 Å². The van der Waals surface area contributed by atoms with Crippen LogP contribution in [0.3, 0.4) is 0 Å². The molecule has 60 valence electrons. The molecular weight excluding hydrogens is 160 g/mol. The number of imidazole rings is 1. The van der Waals surface area contributed by atoms with Crippen LogP contribution < -0.4 is 0 Å². The SMILES string of the molecule is ClCC1CCc2nc[nH]c2C1. The molecule has 0 fully saturated rings. The molecule has 0 saturated heterocycles. The molecule has 2 nitrogen and oxygen atoms in total. The number of aromatic amines is 1. The summed E-state index contributed by atoms with van der Waals surface area (Å²) in [7, 11) is 0. The summed E-state index contributed by atoms with van der Waals surface area (Å²) in [6.45, 7) is 0. The van der Waals surface area contributed by atoms with Crippen LogP contribution in [0.15, 0.2) is 6.33 Å². The molecule has 0 spiro atoms. The molecule has 1 heterocycles. The van der Waals surface area contributed by atoms with E-state index in [1.165, 1.54) is 17.8 Å². The minimum atomic E-state index is 0.657. The van der Waals surface area contributed by atoms with Crippen molar-refractivity contribution in [2.45, 2.75) is 19.3 Å².